The Hall–Kier alpha value is -1.62. The summed E-state index contributed by atoms with van der Waals surface area (Å²) in [5, 5.41) is 9.94. The van der Waals surface area contributed by atoms with Crippen LogP contribution in [0.15, 0.2) is 0 Å². The van der Waals surface area contributed by atoms with E-state index in [4.69, 9.17) is 11.6 Å². The Morgan fingerprint density at radius 2 is 2.12 bits per heavy atom. The summed E-state index contributed by atoms with van der Waals surface area (Å²) in [5.74, 6) is -0.439. The molecular weight excluding hydrogens is 242 g/mol. The first-order chi connectivity index (χ1) is 7.97. The largest absolute Gasteiger partial charge is 0.478 e. The van der Waals surface area contributed by atoms with E-state index < -0.39 is 5.97 Å². The van der Waals surface area contributed by atoms with Gasteiger partial charge in [-0.05, 0) is 13.3 Å². The first kappa shape index (κ1) is 11.9. The molecule has 2 aromatic heterocycles. The summed E-state index contributed by atoms with van der Waals surface area (Å²) in [6, 6.07) is 0. The molecular formula is C11H12ClN3O2. The van der Waals surface area contributed by atoms with E-state index in [1.165, 1.54) is 0 Å². The van der Waals surface area contributed by atoms with Crippen LogP contribution in [0.25, 0.3) is 11.0 Å². The number of carbonyl (C=O) groups is 1. The van der Waals surface area contributed by atoms with Crippen LogP contribution in [0.2, 0.25) is 5.15 Å². The Morgan fingerprint density at radius 1 is 1.47 bits per heavy atom. The molecule has 0 aliphatic carbocycles. The van der Waals surface area contributed by atoms with Gasteiger partial charge in [-0.1, -0.05) is 18.5 Å². The van der Waals surface area contributed by atoms with Gasteiger partial charge in [0.25, 0.3) is 0 Å². The summed E-state index contributed by atoms with van der Waals surface area (Å²) in [4.78, 5) is 19.8. The van der Waals surface area contributed by atoms with Gasteiger partial charge in [0.1, 0.15) is 22.2 Å². The van der Waals surface area contributed by atoms with Crippen molar-refractivity contribution in [3.8, 4) is 0 Å². The van der Waals surface area contributed by atoms with Gasteiger partial charge in [-0.15, -0.1) is 0 Å². The highest BCUT2D eigenvalue weighted by Crippen LogP contribution is 2.30. The average Bonchev–Trinajstić information content (AvgIpc) is 2.52. The highest BCUT2D eigenvalue weighted by Gasteiger charge is 2.23. The van der Waals surface area contributed by atoms with Gasteiger partial charge in [-0.25, -0.2) is 14.8 Å². The zero-order valence-electron chi connectivity index (χ0n) is 9.78. The third-order valence-corrected chi connectivity index (χ3v) is 3.14. The number of aryl methyl sites for hydroxylation is 3. The van der Waals surface area contributed by atoms with E-state index in [2.05, 4.69) is 9.97 Å². The van der Waals surface area contributed by atoms with Crippen LogP contribution in [0.3, 0.4) is 0 Å². The van der Waals surface area contributed by atoms with Crippen molar-refractivity contribution < 1.29 is 9.90 Å². The van der Waals surface area contributed by atoms with Gasteiger partial charge in [-0.2, -0.15) is 0 Å². The Bertz CT molecular complexity index is 619. The molecule has 5 nitrogen and oxygen atoms in total. The fraction of sp³-hybridized carbons (Fsp3) is 0.364. The fourth-order valence-electron chi connectivity index (χ4n) is 1.93. The number of fused-ring (bicyclic) bond motifs is 1. The first-order valence-electron chi connectivity index (χ1n) is 5.22. The van der Waals surface area contributed by atoms with E-state index in [-0.39, 0.29) is 10.7 Å². The number of aromatic carboxylic acids is 1. The summed E-state index contributed by atoms with van der Waals surface area (Å²) < 4.78 is 1.58. The molecule has 0 saturated heterocycles. The minimum Gasteiger partial charge on any atom is -0.478 e. The molecule has 0 bridgehead atoms. The van der Waals surface area contributed by atoms with Gasteiger partial charge < -0.3 is 9.67 Å². The van der Waals surface area contributed by atoms with Crippen LogP contribution in [0.4, 0.5) is 0 Å². The number of nitrogens with zero attached hydrogens (tertiary/aromatic N) is 3. The smallest absolute Gasteiger partial charge is 0.339 e. The molecule has 0 aliphatic rings. The van der Waals surface area contributed by atoms with Crippen LogP contribution < -0.4 is 0 Å². The third kappa shape index (κ3) is 1.67. The number of carboxylic acids is 1. The molecule has 0 atom stereocenters. The summed E-state index contributed by atoms with van der Waals surface area (Å²) in [6.45, 7) is 3.70. The molecule has 90 valence electrons. The molecule has 0 amide bonds. The Labute approximate surface area is 103 Å². The molecule has 2 heterocycles. The van der Waals surface area contributed by atoms with Gasteiger partial charge in [0, 0.05) is 7.05 Å². The van der Waals surface area contributed by atoms with E-state index >= 15 is 0 Å². The summed E-state index contributed by atoms with van der Waals surface area (Å²) in [5.41, 5.74) is 1.37. The summed E-state index contributed by atoms with van der Waals surface area (Å²) in [6.07, 6.45) is 0.639. The topological polar surface area (TPSA) is 68.0 Å². The van der Waals surface area contributed by atoms with Crippen molar-refractivity contribution in [3.63, 3.8) is 0 Å². The molecule has 0 spiro atoms. The number of carboxylic acid groups (broad SMARTS) is 1. The van der Waals surface area contributed by atoms with E-state index in [0.717, 1.165) is 0 Å². The molecule has 17 heavy (non-hydrogen) atoms. The highest BCUT2D eigenvalue weighted by molar-refractivity contribution is 6.35. The molecule has 2 rings (SSSR count). The fourth-order valence-corrected chi connectivity index (χ4v) is 2.18. The minimum atomic E-state index is -1.05. The monoisotopic (exact) mass is 253 g/mol. The number of aromatic nitrogens is 3. The maximum absolute atomic E-state index is 11.2. The highest BCUT2D eigenvalue weighted by atomic mass is 35.5. The predicted octanol–water partition coefficient (Wildman–Crippen LogP) is 2.19. The van der Waals surface area contributed by atoms with E-state index in [1.54, 1.807) is 18.5 Å². The van der Waals surface area contributed by atoms with Crippen LogP contribution >= 0.6 is 11.6 Å². The van der Waals surface area contributed by atoms with Crippen molar-refractivity contribution in [2.75, 3.05) is 0 Å². The Balaban J connectivity index is 3.00. The number of rotatable bonds is 2. The van der Waals surface area contributed by atoms with Crippen LogP contribution in [0, 0.1) is 6.92 Å². The lowest BCUT2D eigenvalue weighted by molar-refractivity contribution is 0.0699. The van der Waals surface area contributed by atoms with E-state index in [0.29, 0.717) is 29.0 Å². The van der Waals surface area contributed by atoms with Gasteiger partial charge in [0.05, 0.1) is 11.1 Å². The van der Waals surface area contributed by atoms with Gasteiger partial charge >= 0.3 is 5.97 Å². The molecule has 6 heteroatoms. The van der Waals surface area contributed by atoms with Gasteiger partial charge in [-0.3, -0.25) is 0 Å². The molecule has 0 unspecified atom stereocenters. The van der Waals surface area contributed by atoms with Gasteiger partial charge in [0.15, 0.2) is 0 Å². The van der Waals surface area contributed by atoms with Crippen molar-refractivity contribution in [1.29, 1.82) is 0 Å². The summed E-state index contributed by atoms with van der Waals surface area (Å²) in [7, 11) is 1.70. The Morgan fingerprint density at radius 3 is 2.65 bits per heavy atom. The van der Waals surface area contributed by atoms with Crippen molar-refractivity contribution >= 4 is 28.6 Å². The molecule has 0 fully saturated rings. The second-order valence-electron chi connectivity index (χ2n) is 3.80. The standard InChI is InChI=1S/C11H12ClN3O2/c1-4-6-7-8(11(16)17)9(12)15(3)10(7)14-5(2)13-6/h4H2,1-3H3,(H,16,17). The lowest BCUT2D eigenvalue weighted by Crippen LogP contribution is -2.00. The third-order valence-electron chi connectivity index (χ3n) is 2.69. The molecule has 0 aromatic carbocycles. The van der Waals surface area contributed by atoms with Crippen molar-refractivity contribution in [2.24, 2.45) is 7.05 Å². The second-order valence-corrected chi connectivity index (χ2v) is 4.16. The quantitative estimate of drug-likeness (QED) is 0.891. The Kier molecular flexibility index (Phi) is 2.79. The van der Waals surface area contributed by atoms with Crippen LogP contribution in [-0.4, -0.2) is 25.6 Å². The SMILES string of the molecule is CCc1nc(C)nc2c1c(C(=O)O)c(Cl)n2C. The number of hydrogen-bond donors (Lipinski definition) is 1. The van der Waals surface area contributed by atoms with Crippen molar-refractivity contribution in [3.05, 3.63) is 22.2 Å². The summed E-state index contributed by atoms with van der Waals surface area (Å²) >= 11 is 6.03. The van der Waals surface area contributed by atoms with E-state index in [1.807, 2.05) is 6.92 Å². The molecule has 0 radical (unpaired) electrons. The molecule has 0 saturated carbocycles. The lowest BCUT2D eigenvalue weighted by Gasteiger charge is -2.02. The number of halogens is 1. The van der Waals surface area contributed by atoms with Crippen molar-refractivity contribution in [1.82, 2.24) is 14.5 Å². The van der Waals surface area contributed by atoms with Crippen LogP contribution in [-0.2, 0) is 13.5 Å². The lowest BCUT2D eigenvalue weighted by atomic mass is 10.1. The minimum absolute atomic E-state index is 0.0843. The van der Waals surface area contributed by atoms with Gasteiger partial charge in [0.2, 0.25) is 0 Å². The van der Waals surface area contributed by atoms with Crippen LogP contribution in [0.1, 0.15) is 28.8 Å². The molecule has 1 N–H and O–H groups in total. The molecule has 2 aromatic rings. The second kappa shape index (κ2) is 4.00. The maximum Gasteiger partial charge on any atom is 0.339 e. The maximum atomic E-state index is 11.2. The van der Waals surface area contributed by atoms with Crippen LogP contribution in [0.5, 0.6) is 0 Å². The normalized spacial score (nSPS) is 11.1. The number of hydrogen-bond acceptors (Lipinski definition) is 3. The van der Waals surface area contributed by atoms with E-state index in [9.17, 15) is 9.90 Å². The molecule has 0 aliphatic heterocycles. The zero-order valence-corrected chi connectivity index (χ0v) is 10.5. The average molecular weight is 254 g/mol. The van der Waals surface area contributed by atoms with Crippen molar-refractivity contribution in [2.45, 2.75) is 20.3 Å². The first-order valence-corrected chi connectivity index (χ1v) is 5.59. The zero-order chi connectivity index (χ0) is 12.7. The predicted molar refractivity (Wildman–Crippen MR) is 64.6 cm³/mol.